The third-order valence-electron chi connectivity index (χ3n) is 5.04. The summed E-state index contributed by atoms with van der Waals surface area (Å²) in [7, 11) is 1.43. The number of aromatic nitrogens is 1. The highest BCUT2D eigenvalue weighted by Gasteiger charge is 2.13. The first-order valence-corrected chi connectivity index (χ1v) is 10.2. The molecule has 6 heteroatoms. The lowest BCUT2D eigenvalue weighted by atomic mass is 10.0. The number of hydrogen-bond acceptors (Lipinski definition) is 5. The average Bonchev–Trinajstić information content (AvgIpc) is 2.85. The highest BCUT2D eigenvalue weighted by molar-refractivity contribution is 6.09. The van der Waals surface area contributed by atoms with Gasteiger partial charge in [-0.3, -0.25) is 4.79 Å². The highest BCUT2D eigenvalue weighted by Crippen LogP contribution is 2.22. The fourth-order valence-electron chi connectivity index (χ4n) is 3.35. The summed E-state index contributed by atoms with van der Waals surface area (Å²) < 4.78 is 11.1. The van der Waals surface area contributed by atoms with Gasteiger partial charge in [0.2, 0.25) is 0 Å². The number of methoxy groups -OCH3 is 1. The van der Waals surface area contributed by atoms with E-state index in [0.29, 0.717) is 18.1 Å². The van der Waals surface area contributed by atoms with Gasteiger partial charge in [-0.25, -0.2) is 9.78 Å². The first-order valence-electron chi connectivity index (χ1n) is 10.2. The number of para-hydroxylation sites is 1. The number of carboxylic acid groups (broad SMARTS) is 1. The number of hydrogen-bond donors (Lipinski definition) is 1. The molecule has 0 bridgehead atoms. The Morgan fingerprint density at radius 3 is 2.64 bits per heavy atom. The molecule has 0 fully saturated rings. The van der Waals surface area contributed by atoms with Crippen molar-refractivity contribution in [1.82, 2.24) is 4.98 Å². The van der Waals surface area contributed by atoms with Crippen LogP contribution in [0.5, 0.6) is 11.5 Å². The molecule has 0 aliphatic heterocycles. The largest absolute Gasteiger partial charge is 0.496 e. The van der Waals surface area contributed by atoms with Crippen molar-refractivity contribution in [3.63, 3.8) is 0 Å². The molecule has 1 N–H and O–H groups in total. The number of ketones is 1. The molecule has 0 radical (unpaired) electrons. The zero-order valence-corrected chi connectivity index (χ0v) is 17.9. The van der Waals surface area contributed by atoms with Crippen LogP contribution in [0.1, 0.15) is 32.0 Å². The standard InChI is InChI=1S/C27H21NO5/c1-32-26-14-11-20(27(30)31)16-23(26)25(29)13-9-18-5-4-7-22(15-18)33-17-21-12-10-19-6-2-3-8-24(19)28-21/h2-16H,17H2,1H3,(H,30,31). The predicted molar refractivity (Wildman–Crippen MR) is 126 cm³/mol. The normalized spacial score (nSPS) is 10.9. The van der Waals surface area contributed by atoms with Gasteiger partial charge in [0.25, 0.3) is 0 Å². The van der Waals surface area contributed by atoms with Crippen LogP contribution in [-0.2, 0) is 6.61 Å². The van der Waals surface area contributed by atoms with Gasteiger partial charge in [0.15, 0.2) is 5.78 Å². The van der Waals surface area contributed by atoms with Crippen molar-refractivity contribution >= 4 is 28.7 Å². The Labute approximate surface area is 190 Å². The van der Waals surface area contributed by atoms with Gasteiger partial charge < -0.3 is 14.6 Å². The zero-order valence-electron chi connectivity index (χ0n) is 17.9. The molecule has 0 aliphatic carbocycles. The Hall–Kier alpha value is -4.45. The molecule has 4 aromatic rings. The molecule has 6 nitrogen and oxygen atoms in total. The molecular formula is C27H21NO5. The van der Waals surface area contributed by atoms with E-state index in [9.17, 15) is 14.7 Å². The Balaban J connectivity index is 1.47. The van der Waals surface area contributed by atoms with E-state index in [0.717, 1.165) is 22.2 Å². The first-order chi connectivity index (χ1) is 16.0. The monoisotopic (exact) mass is 439 g/mol. The second kappa shape index (κ2) is 9.78. The average molecular weight is 439 g/mol. The van der Waals surface area contributed by atoms with Gasteiger partial charge in [0.1, 0.15) is 18.1 Å². The summed E-state index contributed by atoms with van der Waals surface area (Å²) in [6, 6.07) is 23.3. The minimum absolute atomic E-state index is 0.0187. The van der Waals surface area contributed by atoms with Crippen LogP contribution in [0.4, 0.5) is 0 Å². The smallest absolute Gasteiger partial charge is 0.335 e. The van der Waals surface area contributed by atoms with Gasteiger partial charge in [-0.1, -0.05) is 42.5 Å². The Morgan fingerprint density at radius 2 is 1.82 bits per heavy atom. The molecule has 0 aliphatic rings. The predicted octanol–water partition coefficient (Wildman–Crippen LogP) is 5.42. The van der Waals surface area contributed by atoms with E-state index < -0.39 is 5.97 Å². The third kappa shape index (κ3) is 5.25. The van der Waals surface area contributed by atoms with Crippen LogP contribution in [0, 0.1) is 0 Å². The quantitative estimate of drug-likeness (QED) is 0.292. The van der Waals surface area contributed by atoms with Gasteiger partial charge in [0, 0.05) is 5.39 Å². The summed E-state index contributed by atoms with van der Waals surface area (Å²) in [6.45, 7) is 0.316. The lowest BCUT2D eigenvalue weighted by molar-refractivity contribution is 0.0697. The van der Waals surface area contributed by atoms with Crippen molar-refractivity contribution in [2.45, 2.75) is 6.61 Å². The van der Waals surface area contributed by atoms with Crippen molar-refractivity contribution in [2.24, 2.45) is 0 Å². The molecule has 0 saturated carbocycles. The van der Waals surface area contributed by atoms with E-state index in [-0.39, 0.29) is 16.9 Å². The van der Waals surface area contributed by atoms with E-state index in [2.05, 4.69) is 4.98 Å². The van der Waals surface area contributed by atoms with Gasteiger partial charge >= 0.3 is 5.97 Å². The van der Waals surface area contributed by atoms with Gasteiger partial charge in [-0.15, -0.1) is 0 Å². The Bertz CT molecular complexity index is 1360. The number of fused-ring (bicyclic) bond motifs is 1. The van der Waals surface area contributed by atoms with Gasteiger partial charge in [-0.2, -0.15) is 0 Å². The number of carbonyl (C=O) groups is 2. The van der Waals surface area contributed by atoms with Crippen LogP contribution in [0.15, 0.2) is 84.9 Å². The number of carboxylic acids is 1. The molecule has 0 amide bonds. The fraction of sp³-hybridized carbons (Fsp3) is 0.0741. The summed E-state index contributed by atoms with van der Waals surface area (Å²) in [5.74, 6) is -0.511. The van der Waals surface area contributed by atoms with Crippen molar-refractivity contribution in [3.05, 3.63) is 107 Å². The number of carbonyl (C=O) groups excluding carboxylic acids is 1. The van der Waals surface area contributed by atoms with Crippen molar-refractivity contribution in [3.8, 4) is 11.5 Å². The maximum atomic E-state index is 12.7. The van der Waals surface area contributed by atoms with E-state index in [1.54, 1.807) is 6.08 Å². The summed E-state index contributed by atoms with van der Waals surface area (Å²) in [5.41, 5.74) is 2.70. The van der Waals surface area contributed by atoms with Crippen molar-refractivity contribution < 1.29 is 24.2 Å². The second-order valence-corrected chi connectivity index (χ2v) is 7.27. The molecular weight excluding hydrogens is 418 g/mol. The summed E-state index contributed by atoms with van der Waals surface area (Å²) >= 11 is 0. The highest BCUT2D eigenvalue weighted by atomic mass is 16.5. The number of aromatic carboxylic acids is 1. The lowest BCUT2D eigenvalue weighted by Gasteiger charge is -2.08. The summed E-state index contributed by atoms with van der Waals surface area (Å²) in [5, 5.41) is 10.3. The maximum absolute atomic E-state index is 12.7. The minimum atomic E-state index is -1.11. The van der Waals surface area contributed by atoms with Gasteiger partial charge in [-0.05, 0) is 54.1 Å². The number of allylic oxidation sites excluding steroid dienone is 1. The molecule has 3 aromatic carbocycles. The Morgan fingerprint density at radius 1 is 0.970 bits per heavy atom. The number of benzene rings is 3. The molecule has 4 rings (SSSR count). The van der Waals surface area contributed by atoms with E-state index in [4.69, 9.17) is 9.47 Å². The second-order valence-electron chi connectivity index (χ2n) is 7.27. The SMILES string of the molecule is COc1ccc(C(=O)O)cc1C(=O)C=Cc1cccc(OCc2ccc3ccccc3n2)c1. The maximum Gasteiger partial charge on any atom is 0.335 e. The van der Waals surface area contributed by atoms with Crippen LogP contribution < -0.4 is 9.47 Å². The molecule has 1 aromatic heterocycles. The number of pyridine rings is 1. The summed E-state index contributed by atoms with van der Waals surface area (Å²) in [4.78, 5) is 28.5. The number of nitrogens with zero attached hydrogens (tertiary/aromatic N) is 1. The topological polar surface area (TPSA) is 85.7 Å². The van der Waals surface area contributed by atoms with Crippen LogP contribution in [-0.4, -0.2) is 29.0 Å². The Kier molecular flexibility index (Phi) is 6.45. The molecule has 0 spiro atoms. The molecule has 0 atom stereocenters. The zero-order chi connectivity index (χ0) is 23.2. The molecule has 0 saturated heterocycles. The van der Waals surface area contributed by atoms with Gasteiger partial charge in [0.05, 0.1) is 29.4 Å². The molecule has 164 valence electrons. The van der Waals surface area contributed by atoms with Crippen LogP contribution in [0.2, 0.25) is 0 Å². The molecule has 0 unspecified atom stereocenters. The van der Waals surface area contributed by atoms with E-state index in [1.807, 2.05) is 60.7 Å². The van der Waals surface area contributed by atoms with Crippen molar-refractivity contribution in [2.75, 3.05) is 7.11 Å². The van der Waals surface area contributed by atoms with Crippen LogP contribution >= 0.6 is 0 Å². The summed E-state index contributed by atoms with van der Waals surface area (Å²) in [6.07, 6.45) is 3.03. The van der Waals surface area contributed by atoms with Crippen LogP contribution in [0.25, 0.3) is 17.0 Å². The fourth-order valence-corrected chi connectivity index (χ4v) is 3.35. The number of rotatable bonds is 8. The molecule has 1 heterocycles. The van der Waals surface area contributed by atoms with Crippen LogP contribution in [0.3, 0.4) is 0 Å². The molecule has 33 heavy (non-hydrogen) atoms. The van der Waals surface area contributed by atoms with Crippen molar-refractivity contribution in [1.29, 1.82) is 0 Å². The minimum Gasteiger partial charge on any atom is -0.496 e. The first kappa shape index (κ1) is 21.8. The van der Waals surface area contributed by atoms with E-state index in [1.165, 1.54) is 31.4 Å². The lowest BCUT2D eigenvalue weighted by Crippen LogP contribution is -2.03. The van der Waals surface area contributed by atoms with E-state index >= 15 is 0 Å². The number of ether oxygens (including phenoxy) is 2. The third-order valence-corrected chi connectivity index (χ3v) is 5.04.